The van der Waals surface area contributed by atoms with Crippen molar-refractivity contribution in [3.8, 4) is 28.7 Å². The van der Waals surface area contributed by atoms with Crippen molar-refractivity contribution < 1.29 is 28.5 Å². The maximum atomic E-state index is 14.0. The quantitative estimate of drug-likeness (QED) is 0.515. The van der Waals surface area contributed by atoms with Crippen molar-refractivity contribution in [2.75, 3.05) is 27.9 Å². The van der Waals surface area contributed by atoms with Gasteiger partial charge in [0.25, 0.3) is 0 Å². The predicted octanol–water partition coefficient (Wildman–Crippen LogP) is 4.13. The van der Waals surface area contributed by atoms with Gasteiger partial charge in [0, 0.05) is 29.5 Å². The highest BCUT2D eigenvalue weighted by atomic mass is 16.5. The number of fused-ring (bicyclic) bond motifs is 4. The lowest BCUT2D eigenvalue weighted by atomic mass is 9.82. The molecule has 0 amide bonds. The molecule has 0 bridgehead atoms. The molecule has 0 aromatic heterocycles. The van der Waals surface area contributed by atoms with Gasteiger partial charge in [-0.05, 0) is 37.1 Å². The molecule has 0 N–H and O–H groups in total. The van der Waals surface area contributed by atoms with Crippen LogP contribution >= 0.6 is 0 Å². The third-order valence-corrected chi connectivity index (χ3v) is 6.79. The molecule has 2 aromatic carbocycles. The van der Waals surface area contributed by atoms with Crippen molar-refractivity contribution in [3.63, 3.8) is 0 Å². The first kappa shape index (κ1) is 19.8. The molecule has 0 saturated heterocycles. The van der Waals surface area contributed by atoms with Crippen molar-refractivity contribution in [3.05, 3.63) is 53.1 Å². The van der Waals surface area contributed by atoms with E-state index in [4.69, 9.17) is 23.7 Å². The summed E-state index contributed by atoms with van der Waals surface area (Å²) in [6.45, 7) is 6.46. The van der Waals surface area contributed by atoms with Crippen LogP contribution in [0.1, 0.15) is 34.8 Å². The lowest BCUT2D eigenvalue weighted by molar-refractivity contribution is 0.0914. The number of methoxy groups -OCH3 is 3. The van der Waals surface area contributed by atoms with E-state index in [9.17, 15) is 4.79 Å². The van der Waals surface area contributed by atoms with E-state index in [2.05, 4.69) is 6.58 Å². The third-order valence-electron chi connectivity index (χ3n) is 6.79. The first-order valence-electron chi connectivity index (χ1n) is 10.4. The van der Waals surface area contributed by atoms with E-state index in [0.717, 1.165) is 28.9 Å². The number of carbonyl (C=O) groups is 1. The molecule has 1 aliphatic carbocycles. The van der Waals surface area contributed by atoms with E-state index in [1.165, 1.54) is 0 Å². The molecule has 162 valence electrons. The summed E-state index contributed by atoms with van der Waals surface area (Å²) in [7, 11) is 4.78. The van der Waals surface area contributed by atoms with Crippen molar-refractivity contribution in [1.29, 1.82) is 0 Å². The molecule has 2 aliphatic heterocycles. The summed E-state index contributed by atoms with van der Waals surface area (Å²) >= 11 is 0. The Morgan fingerprint density at radius 2 is 1.84 bits per heavy atom. The van der Waals surface area contributed by atoms with Gasteiger partial charge in [0.1, 0.15) is 23.4 Å². The van der Waals surface area contributed by atoms with Gasteiger partial charge < -0.3 is 23.7 Å². The smallest absolute Gasteiger partial charge is 0.177 e. The molecule has 5 rings (SSSR count). The molecule has 2 heterocycles. The summed E-state index contributed by atoms with van der Waals surface area (Å²) in [5.41, 5.74) is 2.67. The molecule has 31 heavy (non-hydrogen) atoms. The normalized spacial score (nSPS) is 24.6. The Hall–Kier alpha value is -3.15. The average molecular weight is 422 g/mol. The Morgan fingerprint density at radius 1 is 1.10 bits per heavy atom. The van der Waals surface area contributed by atoms with Crippen molar-refractivity contribution >= 4 is 5.78 Å². The maximum absolute atomic E-state index is 14.0. The second kappa shape index (κ2) is 6.94. The zero-order valence-corrected chi connectivity index (χ0v) is 18.2. The van der Waals surface area contributed by atoms with Crippen LogP contribution in [0, 0.1) is 5.92 Å². The molecule has 6 nitrogen and oxygen atoms in total. The standard InChI is InChI=1S/C25H26O6/c1-13(2)19-8-16-18(31-19)7-6-15(23(16)29-5)24(26)25-11-14(25)12-30-20-10-22(28-4)21(27-3)9-17(20)25/h6-7,9-10,14,19H,1,8,11-12H2,2-5H3/t14-,19-,25+/m1/s1. The summed E-state index contributed by atoms with van der Waals surface area (Å²) in [5, 5.41) is 0. The van der Waals surface area contributed by atoms with E-state index < -0.39 is 5.41 Å². The molecule has 0 unspecified atom stereocenters. The predicted molar refractivity (Wildman–Crippen MR) is 115 cm³/mol. The monoisotopic (exact) mass is 422 g/mol. The highest BCUT2D eigenvalue weighted by Gasteiger charge is 2.64. The first-order chi connectivity index (χ1) is 14.9. The molecule has 3 aliphatic rings. The number of hydrogen-bond acceptors (Lipinski definition) is 6. The summed E-state index contributed by atoms with van der Waals surface area (Å²) in [5.74, 6) is 3.37. The molecule has 0 spiro atoms. The summed E-state index contributed by atoms with van der Waals surface area (Å²) in [4.78, 5) is 14.0. The van der Waals surface area contributed by atoms with Gasteiger partial charge in [0.15, 0.2) is 17.3 Å². The molecule has 6 heteroatoms. The van der Waals surface area contributed by atoms with Gasteiger partial charge in [-0.15, -0.1) is 0 Å². The van der Waals surface area contributed by atoms with Gasteiger partial charge in [0.05, 0.1) is 38.9 Å². The van der Waals surface area contributed by atoms with Crippen LogP contribution in [-0.4, -0.2) is 39.8 Å². The summed E-state index contributed by atoms with van der Waals surface area (Å²) in [6, 6.07) is 7.38. The van der Waals surface area contributed by atoms with E-state index in [0.29, 0.717) is 41.6 Å². The van der Waals surface area contributed by atoms with Crippen LogP contribution in [0.25, 0.3) is 0 Å². The van der Waals surface area contributed by atoms with Crippen molar-refractivity contribution in [2.45, 2.75) is 31.3 Å². The lowest BCUT2D eigenvalue weighted by Gasteiger charge is -2.27. The first-order valence-corrected chi connectivity index (χ1v) is 10.4. The Kier molecular flexibility index (Phi) is 4.43. The number of hydrogen-bond donors (Lipinski definition) is 0. The zero-order chi connectivity index (χ0) is 21.9. The van der Waals surface area contributed by atoms with Crippen LogP contribution in [0.2, 0.25) is 0 Å². The molecular weight excluding hydrogens is 396 g/mol. The summed E-state index contributed by atoms with van der Waals surface area (Å²) < 4.78 is 28.6. The Labute approximate surface area is 181 Å². The second-order valence-electron chi connectivity index (χ2n) is 8.50. The molecule has 2 aromatic rings. The minimum absolute atomic E-state index is 0.0488. The third kappa shape index (κ3) is 2.74. The van der Waals surface area contributed by atoms with Gasteiger partial charge in [-0.1, -0.05) is 6.58 Å². The van der Waals surface area contributed by atoms with Crippen LogP contribution in [0.3, 0.4) is 0 Å². The average Bonchev–Trinajstić information content (AvgIpc) is 3.38. The number of carbonyl (C=O) groups excluding carboxylic acids is 1. The lowest BCUT2D eigenvalue weighted by Crippen LogP contribution is -2.30. The van der Waals surface area contributed by atoms with Gasteiger partial charge in [-0.2, -0.15) is 0 Å². The van der Waals surface area contributed by atoms with Crippen LogP contribution in [0.4, 0.5) is 0 Å². The van der Waals surface area contributed by atoms with Crippen LogP contribution < -0.4 is 23.7 Å². The van der Waals surface area contributed by atoms with Gasteiger partial charge in [0.2, 0.25) is 0 Å². The van der Waals surface area contributed by atoms with Crippen molar-refractivity contribution in [1.82, 2.24) is 0 Å². The Balaban J connectivity index is 1.59. The van der Waals surface area contributed by atoms with Crippen LogP contribution in [-0.2, 0) is 11.8 Å². The van der Waals surface area contributed by atoms with Gasteiger partial charge in [-0.25, -0.2) is 0 Å². The fourth-order valence-corrected chi connectivity index (χ4v) is 5.00. The number of Topliss-reactive ketones (excluding diaryl/α,β-unsaturated/α-hetero) is 1. The zero-order valence-electron chi connectivity index (χ0n) is 18.2. The van der Waals surface area contributed by atoms with Gasteiger partial charge >= 0.3 is 0 Å². The Morgan fingerprint density at radius 3 is 2.52 bits per heavy atom. The van der Waals surface area contributed by atoms with E-state index in [1.54, 1.807) is 21.3 Å². The fraction of sp³-hybridized carbons (Fsp3) is 0.400. The number of ether oxygens (including phenoxy) is 5. The maximum Gasteiger partial charge on any atom is 0.177 e. The molecular formula is C25H26O6. The van der Waals surface area contributed by atoms with Crippen LogP contribution in [0.15, 0.2) is 36.4 Å². The molecule has 1 fully saturated rings. The Bertz CT molecular complexity index is 1100. The largest absolute Gasteiger partial charge is 0.496 e. The minimum Gasteiger partial charge on any atom is -0.496 e. The summed E-state index contributed by atoms with van der Waals surface area (Å²) in [6.07, 6.45) is 1.29. The van der Waals surface area contributed by atoms with E-state index in [1.807, 2.05) is 31.2 Å². The molecule has 1 saturated carbocycles. The highest BCUT2D eigenvalue weighted by molar-refractivity contribution is 6.09. The molecule has 3 atom stereocenters. The van der Waals surface area contributed by atoms with Gasteiger partial charge in [-0.3, -0.25) is 4.79 Å². The van der Waals surface area contributed by atoms with E-state index in [-0.39, 0.29) is 17.8 Å². The second-order valence-corrected chi connectivity index (χ2v) is 8.50. The highest BCUT2D eigenvalue weighted by Crippen LogP contribution is 2.63. The fourth-order valence-electron chi connectivity index (χ4n) is 5.00. The topological polar surface area (TPSA) is 63.2 Å². The SMILES string of the molecule is C=C(C)[C@H]1Cc2c(ccc(C(=O)[C@@]34C[C@@H]3COc3cc(OC)c(OC)cc34)c2OC)O1. The molecule has 0 radical (unpaired) electrons. The minimum atomic E-state index is -0.637. The van der Waals surface area contributed by atoms with E-state index >= 15 is 0 Å². The van der Waals surface area contributed by atoms with Crippen LogP contribution in [0.5, 0.6) is 28.7 Å². The van der Waals surface area contributed by atoms with Crippen molar-refractivity contribution in [2.24, 2.45) is 5.92 Å². The number of rotatable bonds is 6. The number of ketones is 1. The number of benzene rings is 2.